The highest BCUT2D eigenvalue weighted by molar-refractivity contribution is 5.10. The predicted octanol–water partition coefficient (Wildman–Crippen LogP) is 2.99. The zero-order valence-electron chi connectivity index (χ0n) is 9.04. The predicted molar refractivity (Wildman–Crippen MR) is 61.3 cm³/mol. The summed E-state index contributed by atoms with van der Waals surface area (Å²) in [6, 6.07) is 0. The molecular weight excluding hydrogens is 170 g/mol. The molecule has 78 valence electrons. The van der Waals surface area contributed by atoms with E-state index in [2.05, 4.69) is 24.1 Å². The summed E-state index contributed by atoms with van der Waals surface area (Å²) in [5.41, 5.74) is 0.315. The maximum Gasteiger partial charge on any atom is 0.0394 e. The van der Waals surface area contributed by atoms with Crippen molar-refractivity contribution in [1.82, 2.24) is 4.90 Å². The van der Waals surface area contributed by atoms with Crippen LogP contribution in [0.1, 0.15) is 32.1 Å². The Hall–Kier alpha value is -0.560. The Labute approximate surface area is 87.5 Å². The van der Waals surface area contributed by atoms with Gasteiger partial charge in [0.2, 0.25) is 0 Å². The third kappa shape index (κ3) is 1.54. The smallest absolute Gasteiger partial charge is 0.0394 e. The van der Waals surface area contributed by atoms with Gasteiger partial charge in [0, 0.05) is 12.1 Å². The van der Waals surface area contributed by atoms with E-state index >= 15 is 0 Å². The fourth-order valence-electron chi connectivity index (χ4n) is 3.24. The molecule has 2 fully saturated rings. The molecule has 1 aliphatic heterocycles. The van der Waals surface area contributed by atoms with Crippen molar-refractivity contribution in [3.05, 3.63) is 25.3 Å². The normalized spacial score (nSPS) is 37.9. The molecule has 0 amide bonds. The minimum Gasteiger partial charge on any atom is -0.291 e. The minimum atomic E-state index is 0.315. The molecule has 2 bridgehead atoms. The summed E-state index contributed by atoms with van der Waals surface area (Å²) in [7, 11) is 0. The first-order chi connectivity index (χ1) is 6.80. The molecule has 1 nitrogen and oxygen atoms in total. The third-order valence-electron chi connectivity index (χ3n) is 4.03. The second-order valence-electron chi connectivity index (χ2n) is 4.79. The molecule has 2 aliphatic rings. The van der Waals surface area contributed by atoms with E-state index < -0.39 is 0 Å². The monoisotopic (exact) mass is 191 g/mol. The van der Waals surface area contributed by atoms with E-state index in [1.807, 2.05) is 6.08 Å². The van der Waals surface area contributed by atoms with Crippen LogP contribution in [0.25, 0.3) is 0 Å². The number of hydrogen-bond acceptors (Lipinski definition) is 1. The minimum absolute atomic E-state index is 0.315. The summed E-state index contributed by atoms with van der Waals surface area (Å²) >= 11 is 0. The van der Waals surface area contributed by atoms with Crippen LogP contribution in [0.3, 0.4) is 0 Å². The molecular formula is C13H21N. The van der Waals surface area contributed by atoms with Crippen LogP contribution in [-0.4, -0.2) is 23.5 Å². The van der Waals surface area contributed by atoms with Gasteiger partial charge in [0.05, 0.1) is 0 Å². The molecule has 0 spiro atoms. The standard InChI is InChI=1S/C13H21N/c1-3-9-14-10-7-12-6-5-8-13(14,4-2)11-12/h3-4,12H,1-2,5-11H2/t12-,13+/m1/s1. The Balaban J connectivity index is 2.17. The first-order valence-corrected chi connectivity index (χ1v) is 5.80. The summed E-state index contributed by atoms with van der Waals surface area (Å²) < 4.78 is 0. The second-order valence-corrected chi connectivity index (χ2v) is 4.79. The molecule has 14 heavy (non-hydrogen) atoms. The van der Waals surface area contributed by atoms with Gasteiger partial charge >= 0.3 is 0 Å². The van der Waals surface area contributed by atoms with Gasteiger partial charge in [0.1, 0.15) is 0 Å². The molecule has 2 atom stereocenters. The number of fused-ring (bicyclic) bond motifs is 2. The second kappa shape index (κ2) is 3.90. The summed E-state index contributed by atoms with van der Waals surface area (Å²) in [4.78, 5) is 2.57. The molecule has 1 aliphatic carbocycles. The van der Waals surface area contributed by atoms with Crippen molar-refractivity contribution in [2.75, 3.05) is 13.1 Å². The summed E-state index contributed by atoms with van der Waals surface area (Å²) in [5.74, 6) is 0.961. The topological polar surface area (TPSA) is 3.24 Å². The molecule has 0 aromatic rings. The van der Waals surface area contributed by atoms with Crippen LogP contribution in [0.15, 0.2) is 25.3 Å². The molecule has 0 aromatic heterocycles. The molecule has 0 unspecified atom stereocenters. The largest absolute Gasteiger partial charge is 0.291 e. The van der Waals surface area contributed by atoms with Gasteiger partial charge in [-0.3, -0.25) is 4.90 Å². The van der Waals surface area contributed by atoms with Crippen LogP contribution in [0, 0.1) is 5.92 Å². The van der Waals surface area contributed by atoms with Crippen LogP contribution in [0.4, 0.5) is 0 Å². The van der Waals surface area contributed by atoms with E-state index in [9.17, 15) is 0 Å². The number of piperidine rings is 1. The van der Waals surface area contributed by atoms with E-state index in [0.717, 1.165) is 12.5 Å². The van der Waals surface area contributed by atoms with E-state index in [1.54, 1.807) is 0 Å². The molecule has 1 saturated carbocycles. The van der Waals surface area contributed by atoms with Gasteiger partial charge in [-0.05, 0) is 31.7 Å². The van der Waals surface area contributed by atoms with Crippen LogP contribution in [-0.2, 0) is 0 Å². The van der Waals surface area contributed by atoms with E-state index in [4.69, 9.17) is 0 Å². The van der Waals surface area contributed by atoms with Crippen LogP contribution < -0.4 is 0 Å². The summed E-state index contributed by atoms with van der Waals surface area (Å²) in [5, 5.41) is 0. The molecule has 0 radical (unpaired) electrons. The van der Waals surface area contributed by atoms with E-state index in [1.165, 1.54) is 38.6 Å². The van der Waals surface area contributed by atoms with Crippen molar-refractivity contribution in [2.24, 2.45) is 5.92 Å². The Morgan fingerprint density at radius 3 is 2.93 bits per heavy atom. The van der Waals surface area contributed by atoms with Gasteiger partial charge in [-0.2, -0.15) is 0 Å². The first kappa shape index (κ1) is 9.97. The summed E-state index contributed by atoms with van der Waals surface area (Å²) in [6.07, 6.45) is 11.1. The van der Waals surface area contributed by atoms with Crippen molar-refractivity contribution in [1.29, 1.82) is 0 Å². The Morgan fingerprint density at radius 1 is 1.36 bits per heavy atom. The van der Waals surface area contributed by atoms with Crippen molar-refractivity contribution in [3.63, 3.8) is 0 Å². The van der Waals surface area contributed by atoms with E-state index in [0.29, 0.717) is 5.54 Å². The zero-order chi connectivity index (χ0) is 10.0. The van der Waals surface area contributed by atoms with Gasteiger partial charge in [-0.25, -0.2) is 0 Å². The fourth-order valence-corrected chi connectivity index (χ4v) is 3.24. The highest BCUT2D eigenvalue weighted by atomic mass is 15.2. The first-order valence-electron chi connectivity index (χ1n) is 5.80. The lowest BCUT2D eigenvalue weighted by atomic mass is 9.70. The fraction of sp³-hybridized carbons (Fsp3) is 0.692. The maximum atomic E-state index is 4.05. The van der Waals surface area contributed by atoms with Gasteiger partial charge in [-0.15, -0.1) is 13.2 Å². The maximum absolute atomic E-state index is 4.05. The van der Waals surface area contributed by atoms with Gasteiger partial charge < -0.3 is 0 Å². The Kier molecular flexibility index (Phi) is 2.78. The van der Waals surface area contributed by atoms with Crippen LogP contribution >= 0.6 is 0 Å². The number of nitrogens with zero attached hydrogens (tertiary/aromatic N) is 1. The Bertz CT molecular complexity index is 233. The molecule has 1 heteroatoms. The zero-order valence-corrected chi connectivity index (χ0v) is 9.04. The highest BCUT2D eigenvalue weighted by Crippen LogP contribution is 2.43. The molecule has 0 N–H and O–H groups in total. The molecule has 1 saturated heterocycles. The number of hydrogen-bond donors (Lipinski definition) is 0. The van der Waals surface area contributed by atoms with Gasteiger partial charge in [0.15, 0.2) is 0 Å². The lowest BCUT2D eigenvalue weighted by molar-refractivity contribution is 0.0287. The highest BCUT2D eigenvalue weighted by Gasteiger charge is 2.41. The van der Waals surface area contributed by atoms with Crippen molar-refractivity contribution < 1.29 is 0 Å². The van der Waals surface area contributed by atoms with Gasteiger partial charge in [0.25, 0.3) is 0 Å². The lowest BCUT2D eigenvalue weighted by Crippen LogP contribution is -2.54. The molecule has 1 heterocycles. The quantitative estimate of drug-likeness (QED) is 0.620. The Morgan fingerprint density at radius 2 is 2.21 bits per heavy atom. The lowest BCUT2D eigenvalue weighted by Gasteiger charge is -2.51. The third-order valence-corrected chi connectivity index (χ3v) is 4.03. The number of rotatable bonds is 3. The SMILES string of the molecule is C=CCN1CC[C@H]2CCC[C@@]1(C=C)C2. The van der Waals surface area contributed by atoms with Crippen molar-refractivity contribution >= 4 is 0 Å². The van der Waals surface area contributed by atoms with Crippen molar-refractivity contribution in [2.45, 2.75) is 37.6 Å². The summed E-state index contributed by atoms with van der Waals surface area (Å²) in [6.45, 7) is 10.2. The number of likely N-dealkylation sites (tertiary alicyclic amines) is 1. The van der Waals surface area contributed by atoms with Crippen LogP contribution in [0.2, 0.25) is 0 Å². The molecule has 2 rings (SSSR count). The average Bonchev–Trinajstić information content (AvgIpc) is 2.23. The average molecular weight is 191 g/mol. The molecule has 0 aromatic carbocycles. The van der Waals surface area contributed by atoms with E-state index in [-0.39, 0.29) is 0 Å². The van der Waals surface area contributed by atoms with Crippen LogP contribution in [0.5, 0.6) is 0 Å². The van der Waals surface area contributed by atoms with Crippen molar-refractivity contribution in [3.8, 4) is 0 Å². The van der Waals surface area contributed by atoms with Gasteiger partial charge in [-0.1, -0.05) is 25.0 Å².